The topological polar surface area (TPSA) is 18.5 Å². The molecule has 2 nitrogen and oxygen atoms in total. The van der Waals surface area contributed by atoms with Crippen LogP contribution < -0.4 is 0 Å². The lowest BCUT2D eigenvalue weighted by Crippen LogP contribution is -1.96. The van der Waals surface area contributed by atoms with E-state index >= 15 is 0 Å². The Morgan fingerprint density at radius 2 is 1.82 bits per heavy atom. The summed E-state index contributed by atoms with van der Waals surface area (Å²) in [4.78, 5) is 0. The number of hydrogen-bond acceptors (Lipinski definition) is 2. The van der Waals surface area contributed by atoms with Crippen LogP contribution in [0.5, 0.6) is 0 Å². The van der Waals surface area contributed by atoms with Crippen molar-refractivity contribution >= 4 is 0 Å². The van der Waals surface area contributed by atoms with Crippen molar-refractivity contribution < 1.29 is 10.8 Å². The van der Waals surface area contributed by atoms with Gasteiger partial charge in [-0.15, -0.1) is 0 Å². The molecule has 0 unspecified atom stereocenters. The van der Waals surface area contributed by atoms with Crippen LogP contribution in [0.2, 0.25) is 0 Å². The van der Waals surface area contributed by atoms with Crippen molar-refractivity contribution in [1.29, 1.82) is 0 Å². The monoisotopic (exact) mass is 151 g/mol. The van der Waals surface area contributed by atoms with E-state index in [0.717, 1.165) is 5.56 Å². The quantitative estimate of drug-likeness (QED) is 0.608. The minimum Gasteiger partial charge on any atom is -0.346 e. The lowest BCUT2D eigenvalue weighted by Gasteiger charge is -2.07. The van der Waals surface area contributed by atoms with Crippen LogP contribution >= 0.6 is 0 Å². The van der Waals surface area contributed by atoms with Crippen LogP contribution in [-0.2, 0) is 9.47 Å². The SMILES string of the molecule is [2H]C1(c2ccccc2)OCCO1. The van der Waals surface area contributed by atoms with Crippen LogP contribution in [0.15, 0.2) is 30.3 Å². The van der Waals surface area contributed by atoms with Gasteiger partial charge in [0.25, 0.3) is 0 Å². The molecule has 1 heterocycles. The third-order valence-electron chi connectivity index (χ3n) is 1.56. The summed E-state index contributed by atoms with van der Waals surface area (Å²) in [6.45, 7) is 0.997. The molecule has 1 fully saturated rings. The molecule has 0 radical (unpaired) electrons. The van der Waals surface area contributed by atoms with Gasteiger partial charge in [0, 0.05) is 5.56 Å². The molecule has 1 aliphatic rings. The zero-order valence-corrected chi connectivity index (χ0v) is 6.12. The number of benzene rings is 1. The molecule has 2 heteroatoms. The molecule has 58 valence electrons. The number of ether oxygens (including phenoxy) is 2. The number of hydrogen-bond donors (Lipinski definition) is 0. The Hall–Kier alpha value is -0.860. The van der Waals surface area contributed by atoms with Gasteiger partial charge in [0.2, 0.25) is 0 Å². The van der Waals surface area contributed by atoms with Crippen molar-refractivity contribution in [3.63, 3.8) is 0 Å². The lowest BCUT2D eigenvalue weighted by atomic mass is 10.2. The lowest BCUT2D eigenvalue weighted by molar-refractivity contribution is -0.0441. The molecule has 11 heavy (non-hydrogen) atoms. The first-order valence-electron chi connectivity index (χ1n) is 4.15. The van der Waals surface area contributed by atoms with Crippen LogP contribution in [0.3, 0.4) is 0 Å². The van der Waals surface area contributed by atoms with E-state index in [0.29, 0.717) is 13.2 Å². The van der Waals surface area contributed by atoms with Gasteiger partial charge in [0.1, 0.15) is 0 Å². The van der Waals surface area contributed by atoms with Gasteiger partial charge in [-0.05, 0) is 0 Å². The van der Waals surface area contributed by atoms with Gasteiger partial charge in [-0.3, -0.25) is 0 Å². The Balaban J connectivity index is 2.29. The van der Waals surface area contributed by atoms with Gasteiger partial charge >= 0.3 is 0 Å². The average Bonchev–Trinajstić information content (AvgIpc) is 2.55. The second-order valence-electron chi connectivity index (χ2n) is 2.35. The molecule has 0 aliphatic carbocycles. The molecular weight excluding hydrogens is 140 g/mol. The summed E-state index contributed by atoms with van der Waals surface area (Å²) in [5.74, 6) is 0. The van der Waals surface area contributed by atoms with Crippen LogP contribution in [0, 0.1) is 0 Å². The Bertz CT molecular complexity index is 254. The molecule has 1 aromatic rings. The maximum atomic E-state index is 7.78. The van der Waals surface area contributed by atoms with Crippen LogP contribution in [-0.4, -0.2) is 13.2 Å². The summed E-state index contributed by atoms with van der Waals surface area (Å²) in [5, 5.41) is 0. The molecule has 2 rings (SSSR count). The van der Waals surface area contributed by atoms with Crippen molar-refractivity contribution in [3.05, 3.63) is 35.9 Å². The zero-order valence-electron chi connectivity index (χ0n) is 7.12. The van der Waals surface area contributed by atoms with Crippen molar-refractivity contribution in [2.45, 2.75) is 6.27 Å². The molecule has 0 aromatic heterocycles. The third-order valence-corrected chi connectivity index (χ3v) is 1.56. The van der Waals surface area contributed by atoms with E-state index in [1.807, 2.05) is 30.3 Å². The largest absolute Gasteiger partial charge is 0.346 e. The van der Waals surface area contributed by atoms with Crippen LogP contribution in [0.25, 0.3) is 0 Å². The first-order chi connectivity index (χ1) is 5.81. The maximum absolute atomic E-state index is 7.78. The van der Waals surface area contributed by atoms with Crippen LogP contribution in [0.1, 0.15) is 13.2 Å². The fourth-order valence-electron chi connectivity index (χ4n) is 1.05. The second-order valence-corrected chi connectivity index (χ2v) is 2.35. The molecule has 1 saturated heterocycles. The summed E-state index contributed by atoms with van der Waals surface area (Å²) in [5.41, 5.74) is 0.752. The Kier molecular flexibility index (Phi) is 1.58. The maximum Gasteiger partial charge on any atom is 0.184 e. The van der Waals surface area contributed by atoms with Gasteiger partial charge in [-0.2, -0.15) is 0 Å². The molecular formula is C9H10O2. The van der Waals surface area contributed by atoms with E-state index in [1.165, 1.54) is 0 Å². The summed E-state index contributed by atoms with van der Waals surface area (Å²) >= 11 is 0. The molecule has 0 atom stereocenters. The van der Waals surface area contributed by atoms with E-state index in [2.05, 4.69) is 0 Å². The third kappa shape index (κ3) is 1.42. The fourth-order valence-corrected chi connectivity index (χ4v) is 1.05. The van der Waals surface area contributed by atoms with Gasteiger partial charge in [0.15, 0.2) is 6.27 Å². The summed E-state index contributed by atoms with van der Waals surface area (Å²) in [6, 6.07) is 9.31. The van der Waals surface area contributed by atoms with Crippen molar-refractivity contribution in [2.24, 2.45) is 0 Å². The normalized spacial score (nSPS) is 23.1. The number of rotatable bonds is 1. The smallest absolute Gasteiger partial charge is 0.184 e. The average molecular weight is 151 g/mol. The highest BCUT2D eigenvalue weighted by molar-refractivity contribution is 5.16. The highest BCUT2D eigenvalue weighted by Crippen LogP contribution is 2.21. The second kappa shape index (κ2) is 3.03. The molecule has 0 saturated carbocycles. The molecule has 1 aliphatic heterocycles. The highest BCUT2D eigenvalue weighted by atomic mass is 16.7. The summed E-state index contributed by atoms with van der Waals surface area (Å²) < 4.78 is 18.1. The zero-order chi connectivity index (χ0) is 8.44. The van der Waals surface area contributed by atoms with Gasteiger partial charge < -0.3 is 9.47 Å². The molecule has 0 amide bonds. The Morgan fingerprint density at radius 1 is 1.18 bits per heavy atom. The summed E-state index contributed by atoms with van der Waals surface area (Å²) in [6.07, 6.45) is -1.26. The van der Waals surface area contributed by atoms with Crippen molar-refractivity contribution in [3.8, 4) is 0 Å². The highest BCUT2D eigenvalue weighted by Gasteiger charge is 2.16. The van der Waals surface area contributed by atoms with Crippen molar-refractivity contribution in [1.82, 2.24) is 0 Å². The van der Waals surface area contributed by atoms with E-state index in [1.54, 1.807) is 0 Å². The molecule has 1 aromatic carbocycles. The van der Waals surface area contributed by atoms with Gasteiger partial charge in [0.05, 0.1) is 14.6 Å². The predicted molar refractivity (Wildman–Crippen MR) is 41.1 cm³/mol. The van der Waals surface area contributed by atoms with E-state index < -0.39 is 6.27 Å². The van der Waals surface area contributed by atoms with E-state index in [9.17, 15) is 0 Å². The molecule has 0 N–H and O–H groups in total. The van der Waals surface area contributed by atoms with E-state index in [-0.39, 0.29) is 0 Å². The minimum atomic E-state index is -1.26. The molecule has 0 spiro atoms. The van der Waals surface area contributed by atoms with Gasteiger partial charge in [-0.25, -0.2) is 0 Å². The standard InChI is InChI=1S/C9H10O2/c1-2-4-8(5-3-1)9-10-6-7-11-9/h1-5,9H,6-7H2/i9D. The fraction of sp³-hybridized carbons (Fsp3) is 0.333. The minimum absolute atomic E-state index is 0.498. The van der Waals surface area contributed by atoms with Crippen LogP contribution in [0.4, 0.5) is 0 Å². The Labute approximate surface area is 67.2 Å². The summed E-state index contributed by atoms with van der Waals surface area (Å²) in [7, 11) is 0. The Morgan fingerprint density at radius 3 is 2.45 bits per heavy atom. The molecule has 0 bridgehead atoms. The van der Waals surface area contributed by atoms with Gasteiger partial charge in [-0.1, -0.05) is 30.3 Å². The first kappa shape index (κ1) is 5.75. The van der Waals surface area contributed by atoms with Crippen molar-refractivity contribution in [2.75, 3.05) is 13.2 Å². The predicted octanol–water partition coefficient (Wildman–Crippen LogP) is 1.73. The first-order valence-corrected chi connectivity index (χ1v) is 3.65. The van der Waals surface area contributed by atoms with E-state index in [4.69, 9.17) is 10.8 Å².